The maximum Gasteiger partial charge on any atom is 0.186 e. The molecule has 11 atom stereocenters. The topological polar surface area (TPSA) is 175 Å². The summed E-state index contributed by atoms with van der Waals surface area (Å²) in [5, 5.41) is 60.1. The Kier molecular flexibility index (Phi) is 9.47. The highest BCUT2D eigenvalue weighted by atomic mass is 16.7. The van der Waals surface area contributed by atoms with Gasteiger partial charge < -0.3 is 49.6 Å². The Morgan fingerprint density at radius 2 is 1.60 bits per heavy atom. The molecule has 2 saturated heterocycles. The van der Waals surface area contributed by atoms with Crippen LogP contribution in [-0.4, -0.2) is 111 Å². The molecule has 0 bridgehead atoms. The summed E-state index contributed by atoms with van der Waals surface area (Å²) < 4.78 is 22.2. The van der Waals surface area contributed by atoms with Crippen LogP contribution in [0.4, 0.5) is 0 Å². The Labute approximate surface area is 205 Å². The van der Waals surface area contributed by atoms with Gasteiger partial charge in [-0.05, 0) is 44.1 Å². The molecule has 11 heteroatoms. The van der Waals surface area contributed by atoms with Gasteiger partial charge in [0.05, 0.1) is 19.3 Å². The molecule has 0 spiro atoms. The van der Waals surface area contributed by atoms with E-state index in [1.54, 1.807) is 6.08 Å². The van der Waals surface area contributed by atoms with Crippen LogP contribution in [0.25, 0.3) is 0 Å². The zero-order valence-electron chi connectivity index (χ0n) is 20.7. The van der Waals surface area contributed by atoms with Crippen molar-refractivity contribution >= 4 is 5.78 Å². The van der Waals surface area contributed by atoms with Crippen molar-refractivity contribution in [2.75, 3.05) is 13.2 Å². The Hall–Kier alpha value is -0.990. The minimum atomic E-state index is -1.56. The van der Waals surface area contributed by atoms with Crippen LogP contribution in [-0.2, 0) is 23.7 Å². The van der Waals surface area contributed by atoms with E-state index in [0.29, 0.717) is 12.8 Å². The van der Waals surface area contributed by atoms with Gasteiger partial charge in [-0.15, -0.1) is 0 Å². The summed E-state index contributed by atoms with van der Waals surface area (Å²) in [7, 11) is 0. The number of aliphatic hydroxyl groups excluding tert-OH is 6. The first kappa shape index (κ1) is 28.6. The van der Waals surface area contributed by atoms with E-state index in [1.165, 1.54) is 0 Å². The van der Waals surface area contributed by atoms with E-state index in [1.807, 2.05) is 13.8 Å². The SMILES string of the molecule is CC1=CC(=O)CC(C)(C)[C@H]1CC[C@H](C)O[C@@H]1O[C@H](CO[C@H]2O[C@H](CO)[C@@H](O)[C@@H]2O)[C@@H](O)[C@H](O)[C@H]1O. The van der Waals surface area contributed by atoms with Gasteiger partial charge >= 0.3 is 0 Å². The molecule has 2 fully saturated rings. The first-order valence-corrected chi connectivity index (χ1v) is 12.2. The normalized spacial score (nSPS) is 42.7. The molecule has 35 heavy (non-hydrogen) atoms. The zero-order chi connectivity index (χ0) is 26.1. The molecule has 1 aliphatic carbocycles. The van der Waals surface area contributed by atoms with Crippen LogP contribution in [0.15, 0.2) is 11.6 Å². The predicted octanol–water partition coefficient (Wildman–Crippen LogP) is -1.00. The van der Waals surface area contributed by atoms with Gasteiger partial charge in [-0.3, -0.25) is 4.79 Å². The Morgan fingerprint density at radius 1 is 1.00 bits per heavy atom. The molecule has 3 rings (SSSR count). The zero-order valence-corrected chi connectivity index (χ0v) is 20.7. The van der Waals surface area contributed by atoms with E-state index < -0.39 is 61.9 Å². The number of carbonyl (C=O) groups is 1. The maximum absolute atomic E-state index is 11.9. The second kappa shape index (κ2) is 11.6. The molecule has 0 aromatic heterocycles. The van der Waals surface area contributed by atoms with Gasteiger partial charge in [0.2, 0.25) is 0 Å². The van der Waals surface area contributed by atoms with Crippen LogP contribution in [0.5, 0.6) is 0 Å². The second-order valence-corrected chi connectivity index (χ2v) is 10.7. The second-order valence-electron chi connectivity index (χ2n) is 10.7. The average Bonchev–Trinajstić information content (AvgIpc) is 3.05. The number of aliphatic hydroxyl groups is 6. The number of hydrogen-bond donors (Lipinski definition) is 6. The molecule has 0 aromatic carbocycles. The van der Waals surface area contributed by atoms with Gasteiger partial charge in [0.1, 0.15) is 42.7 Å². The van der Waals surface area contributed by atoms with E-state index in [2.05, 4.69) is 13.8 Å². The molecule has 3 aliphatic rings. The Balaban J connectivity index is 1.55. The van der Waals surface area contributed by atoms with Gasteiger partial charge in [-0.25, -0.2) is 0 Å². The highest BCUT2D eigenvalue weighted by molar-refractivity contribution is 5.91. The van der Waals surface area contributed by atoms with Crippen LogP contribution < -0.4 is 0 Å². The predicted molar refractivity (Wildman–Crippen MR) is 121 cm³/mol. The fourth-order valence-electron chi connectivity index (χ4n) is 5.27. The summed E-state index contributed by atoms with van der Waals surface area (Å²) in [6.45, 7) is 7.07. The minimum absolute atomic E-state index is 0.129. The molecular weight excluding hydrogens is 464 g/mol. The molecule has 0 radical (unpaired) electrons. The third-order valence-corrected chi connectivity index (χ3v) is 7.33. The quantitative estimate of drug-likeness (QED) is 0.227. The minimum Gasteiger partial charge on any atom is -0.394 e. The van der Waals surface area contributed by atoms with Crippen LogP contribution in [0.1, 0.15) is 47.0 Å². The smallest absolute Gasteiger partial charge is 0.186 e. The summed E-state index contributed by atoms with van der Waals surface area (Å²) in [5.74, 6) is 0.331. The summed E-state index contributed by atoms with van der Waals surface area (Å²) >= 11 is 0. The molecule has 0 aromatic rings. The number of ketones is 1. The van der Waals surface area contributed by atoms with Crippen LogP contribution in [0.3, 0.4) is 0 Å². The van der Waals surface area contributed by atoms with Gasteiger partial charge in [-0.1, -0.05) is 19.4 Å². The van der Waals surface area contributed by atoms with Crippen LogP contribution >= 0.6 is 0 Å². The van der Waals surface area contributed by atoms with Crippen molar-refractivity contribution in [3.63, 3.8) is 0 Å². The molecule has 2 aliphatic heterocycles. The molecule has 0 saturated carbocycles. The van der Waals surface area contributed by atoms with Gasteiger partial charge in [0, 0.05) is 6.42 Å². The van der Waals surface area contributed by atoms with E-state index in [9.17, 15) is 35.4 Å². The summed E-state index contributed by atoms with van der Waals surface area (Å²) in [4.78, 5) is 11.9. The van der Waals surface area contributed by atoms with E-state index in [-0.39, 0.29) is 29.8 Å². The third kappa shape index (κ3) is 6.48. The first-order chi connectivity index (χ1) is 16.4. The number of hydrogen-bond acceptors (Lipinski definition) is 11. The number of allylic oxidation sites excluding steroid dienone is 2. The van der Waals surface area contributed by atoms with E-state index in [4.69, 9.17) is 18.9 Å². The molecule has 202 valence electrons. The van der Waals surface area contributed by atoms with Gasteiger partial charge in [-0.2, -0.15) is 0 Å². The van der Waals surface area contributed by atoms with Crippen molar-refractivity contribution in [3.8, 4) is 0 Å². The standard InChI is InChI=1S/C24H40O11/c1-11-7-13(26)8-24(3,4)14(11)6-5-12(2)33-23-21(31)19(29)18(28)16(35-23)10-32-22-20(30)17(27)15(9-25)34-22/h7,12,14-23,25,27-31H,5-6,8-10H2,1-4H3/t12-,14-,15+,16+,17+,18+,19-,20-,21+,22-,23+/m0/s1. The van der Waals surface area contributed by atoms with Crippen molar-refractivity contribution in [3.05, 3.63) is 11.6 Å². The van der Waals surface area contributed by atoms with Crippen LogP contribution in [0.2, 0.25) is 0 Å². The lowest BCUT2D eigenvalue weighted by atomic mass is 9.66. The highest BCUT2D eigenvalue weighted by Crippen LogP contribution is 2.42. The van der Waals surface area contributed by atoms with Crippen molar-refractivity contribution in [1.82, 2.24) is 0 Å². The number of rotatable bonds is 9. The summed E-state index contributed by atoms with van der Waals surface area (Å²) in [6, 6.07) is 0. The van der Waals surface area contributed by atoms with E-state index >= 15 is 0 Å². The Morgan fingerprint density at radius 3 is 2.20 bits per heavy atom. The van der Waals surface area contributed by atoms with Crippen LogP contribution in [0, 0.1) is 11.3 Å². The first-order valence-electron chi connectivity index (χ1n) is 12.2. The van der Waals surface area contributed by atoms with E-state index in [0.717, 1.165) is 12.0 Å². The van der Waals surface area contributed by atoms with Crippen molar-refractivity contribution in [2.45, 2.75) is 108 Å². The lowest BCUT2D eigenvalue weighted by Crippen LogP contribution is -2.60. The van der Waals surface area contributed by atoms with Crippen molar-refractivity contribution in [1.29, 1.82) is 0 Å². The number of ether oxygens (including phenoxy) is 4. The third-order valence-electron chi connectivity index (χ3n) is 7.33. The molecule has 2 heterocycles. The molecule has 6 N–H and O–H groups in total. The molecule has 11 nitrogen and oxygen atoms in total. The maximum atomic E-state index is 11.9. The van der Waals surface area contributed by atoms with Crippen molar-refractivity contribution < 1.29 is 54.4 Å². The van der Waals surface area contributed by atoms with Gasteiger partial charge in [0.25, 0.3) is 0 Å². The largest absolute Gasteiger partial charge is 0.394 e. The summed E-state index contributed by atoms with van der Waals surface area (Å²) in [6.07, 6.45) is -8.73. The lowest BCUT2D eigenvalue weighted by molar-refractivity contribution is -0.318. The molecule has 0 amide bonds. The van der Waals surface area contributed by atoms with Gasteiger partial charge in [0.15, 0.2) is 18.4 Å². The monoisotopic (exact) mass is 504 g/mol. The van der Waals surface area contributed by atoms with Crippen molar-refractivity contribution in [2.24, 2.45) is 11.3 Å². The molecular formula is C24H40O11. The highest BCUT2D eigenvalue weighted by Gasteiger charge is 2.47. The number of carbonyl (C=O) groups excluding carboxylic acids is 1. The fraction of sp³-hybridized carbons (Fsp3) is 0.875. The average molecular weight is 505 g/mol. The summed E-state index contributed by atoms with van der Waals surface area (Å²) in [5.41, 5.74) is 0.863. The Bertz CT molecular complexity index is 756. The molecule has 0 unspecified atom stereocenters. The lowest BCUT2D eigenvalue weighted by Gasteiger charge is -2.42. The fourth-order valence-corrected chi connectivity index (χ4v) is 5.27.